The van der Waals surface area contributed by atoms with E-state index < -0.39 is 0 Å². The Kier molecular flexibility index (Phi) is 4.09. The number of ether oxygens (including phenoxy) is 1. The van der Waals surface area contributed by atoms with E-state index in [1.165, 1.54) is 11.3 Å². The molecule has 3 rings (SSSR count). The van der Waals surface area contributed by atoms with E-state index in [1.807, 2.05) is 45.0 Å². The summed E-state index contributed by atoms with van der Waals surface area (Å²) in [6, 6.07) is 7.56. The van der Waals surface area contributed by atoms with Crippen molar-refractivity contribution in [2.45, 2.75) is 20.8 Å². The van der Waals surface area contributed by atoms with Gasteiger partial charge in [0.15, 0.2) is 0 Å². The maximum atomic E-state index is 10.3. The van der Waals surface area contributed by atoms with Crippen molar-refractivity contribution >= 4 is 28.4 Å². The monoisotopic (exact) mass is 329 g/mol. The van der Waals surface area contributed by atoms with Gasteiger partial charge in [0.25, 0.3) is 0 Å². The number of aromatic nitrogens is 1. The molecular weight excluding hydrogens is 310 g/mol. The summed E-state index contributed by atoms with van der Waals surface area (Å²) in [6.07, 6.45) is 0. The molecular formula is C17H19N3O2S. The predicted molar refractivity (Wildman–Crippen MR) is 93.8 cm³/mol. The van der Waals surface area contributed by atoms with Crippen LogP contribution in [-0.2, 0) is 0 Å². The van der Waals surface area contributed by atoms with Gasteiger partial charge < -0.3 is 14.7 Å². The highest BCUT2D eigenvalue weighted by atomic mass is 32.1. The highest BCUT2D eigenvalue weighted by Gasteiger charge is 2.31. The SMILES string of the molecule is CCOc1cccc(N2CC(O)=C(c3nc(C)c(C)s3)C2=N)c1. The van der Waals surface area contributed by atoms with Gasteiger partial charge in [-0.25, -0.2) is 4.98 Å². The Balaban J connectivity index is 1.92. The Morgan fingerprint density at radius 3 is 2.83 bits per heavy atom. The van der Waals surface area contributed by atoms with Crippen molar-refractivity contribution in [2.75, 3.05) is 18.1 Å². The van der Waals surface area contributed by atoms with Crippen LogP contribution >= 0.6 is 11.3 Å². The zero-order valence-corrected chi connectivity index (χ0v) is 14.2. The number of anilines is 1. The Bertz CT molecular complexity index is 775. The van der Waals surface area contributed by atoms with Crippen molar-refractivity contribution in [3.8, 4) is 5.75 Å². The molecule has 2 aromatic rings. The smallest absolute Gasteiger partial charge is 0.139 e. The van der Waals surface area contributed by atoms with Crippen LogP contribution in [0.5, 0.6) is 5.75 Å². The highest BCUT2D eigenvalue weighted by molar-refractivity contribution is 7.13. The number of nitrogens with one attached hydrogen (secondary N) is 1. The van der Waals surface area contributed by atoms with Gasteiger partial charge in [0.2, 0.25) is 0 Å². The fraction of sp³-hybridized carbons (Fsp3) is 0.294. The number of benzene rings is 1. The fourth-order valence-corrected chi connectivity index (χ4v) is 3.49. The number of nitrogens with zero attached hydrogens (tertiary/aromatic N) is 2. The van der Waals surface area contributed by atoms with Crippen LogP contribution in [0.3, 0.4) is 0 Å². The molecule has 2 heterocycles. The molecule has 0 radical (unpaired) electrons. The van der Waals surface area contributed by atoms with Crippen LogP contribution in [0.4, 0.5) is 5.69 Å². The Hall–Kier alpha value is -2.34. The summed E-state index contributed by atoms with van der Waals surface area (Å²) in [5, 5.41) is 19.5. The summed E-state index contributed by atoms with van der Waals surface area (Å²) >= 11 is 1.51. The van der Waals surface area contributed by atoms with E-state index in [4.69, 9.17) is 10.1 Å². The van der Waals surface area contributed by atoms with Crippen molar-refractivity contribution < 1.29 is 9.84 Å². The number of thiazole rings is 1. The van der Waals surface area contributed by atoms with Crippen LogP contribution in [-0.4, -0.2) is 29.1 Å². The van der Waals surface area contributed by atoms with Gasteiger partial charge >= 0.3 is 0 Å². The van der Waals surface area contributed by atoms with Crippen LogP contribution in [0.1, 0.15) is 22.5 Å². The molecule has 1 aromatic carbocycles. The molecule has 0 unspecified atom stereocenters. The molecule has 0 aliphatic carbocycles. The lowest BCUT2D eigenvalue weighted by atomic mass is 10.2. The normalized spacial score (nSPS) is 14.7. The van der Waals surface area contributed by atoms with Crippen LogP contribution in [0, 0.1) is 19.3 Å². The van der Waals surface area contributed by atoms with E-state index in [-0.39, 0.29) is 18.1 Å². The molecule has 0 fully saturated rings. The minimum Gasteiger partial charge on any atom is -0.510 e. The Morgan fingerprint density at radius 2 is 2.17 bits per heavy atom. The van der Waals surface area contributed by atoms with Gasteiger partial charge in [-0.2, -0.15) is 0 Å². The van der Waals surface area contributed by atoms with E-state index >= 15 is 0 Å². The first-order chi connectivity index (χ1) is 11.0. The average molecular weight is 329 g/mol. The van der Waals surface area contributed by atoms with Crippen molar-refractivity contribution in [3.05, 3.63) is 45.6 Å². The van der Waals surface area contributed by atoms with Gasteiger partial charge in [0.05, 0.1) is 24.4 Å². The third-order valence-corrected chi connectivity index (χ3v) is 4.88. The molecule has 0 spiro atoms. The third kappa shape index (κ3) is 2.82. The lowest BCUT2D eigenvalue weighted by Crippen LogP contribution is -2.26. The fourth-order valence-electron chi connectivity index (χ4n) is 2.51. The number of rotatable bonds is 4. The van der Waals surface area contributed by atoms with Gasteiger partial charge in [0, 0.05) is 16.6 Å². The molecule has 0 bridgehead atoms. The number of hydrogen-bond acceptors (Lipinski definition) is 5. The van der Waals surface area contributed by atoms with Gasteiger partial charge in [0.1, 0.15) is 22.4 Å². The molecule has 5 nitrogen and oxygen atoms in total. The van der Waals surface area contributed by atoms with Crippen LogP contribution in [0.2, 0.25) is 0 Å². The molecule has 1 aliphatic rings. The summed E-state index contributed by atoms with van der Waals surface area (Å²) in [5.41, 5.74) is 2.29. The maximum absolute atomic E-state index is 10.3. The van der Waals surface area contributed by atoms with E-state index in [2.05, 4.69) is 4.98 Å². The van der Waals surface area contributed by atoms with Crippen LogP contribution in [0.15, 0.2) is 30.0 Å². The van der Waals surface area contributed by atoms with Crippen molar-refractivity contribution in [1.29, 1.82) is 5.41 Å². The molecule has 0 atom stereocenters. The molecule has 0 saturated heterocycles. The van der Waals surface area contributed by atoms with Crippen molar-refractivity contribution in [3.63, 3.8) is 0 Å². The van der Waals surface area contributed by atoms with Crippen molar-refractivity contribution in [1.82, 2.24) is 4.98 Å². The second-order valence-electron chi connectivity index (χ2n) is 5.35. The molecule has 0 amide bonds. The molecule has 1 aliphatic heterocycles. The first kappa shape index (κ1) is 15.6. The van der Waals surface area contributed by atoms with Gasteiger partial charge in [-0.1, -0.05) is 6.07 Å². The number of amidine groups is 1. The molecule has 0 saturated carbocycles. The van der Waals surface area contributed by atoms with E-state index in [0.717, 1.165) is 22.0 Å². The minimum atomic E-state index is 0.186. The zero-order valence-electron chi connectivity index (χ0n) is 13.4. The Morgan fingerprint density at radius 1 is 1.39 bits per heavy atom. The summed E-state index contributed by atoms with van der Waals surface area (Å²) in [6.45, 7) is 6.74. The lowest BCUT2D eigenvalue weighted by Gasteiger charge is -2.19. The maximum Gasteiger partial charge on any atom is 0.139 e. The average Bonchev–Trinajstić information content (AvgIpc) is 2.99. The summed E-state index contributed by atoms with van der Waals surface area (Å²) in [7, 11) is 0. The second kappa shape index (κ2) is 6.04. The summed E-state index contributed by atoms with van der Waals surface area (Å²) in [5.74, 6) is 1.21. The molecule has 6 heteroatoms. The number of aryl methyl sites for hydroxylation is 2. The number of aliphatic hydroxyl groups excluding tert-OH is 1. The highest BCUT2D eigenvalue weighted by Crippen LogP contribution is 2.34. The number of hydrogen-bond donors (Lipinski definition) is 2. The number of aliphatic hydroxyl groups is 1. The molecule has 1 aromatic heterocycles. The summed E-state index contributed by atoms with van der Waals surface area (Å²) in [4.78, 5) is 7.34. The van der Waals surface area contributed by atoms with Gasteiger partial charge in [-0.3, -0.25) is 5.41 Å². The van der Waals surface area contributed by atoms with Crippen LogP contribution in [0.25, 0.3) is 5.57 Å². The first-order valence-electron chi connectivity index (χ1n) is 7.47. The van der Waals surface area contributed by atoms with Crippen LogP contribution < -0.4 is 9.64 Å². The van der Waals surface area contributed by atoms with Crippen molar-refractivity contribution in [2.24, 2.45) is 0 Å². The zero-order chi connectivity index (χ0) is 16.6. The molecule has 120 valence electrons. The van der Waals surface area contributed by atoms with Gasteiger partial charge in [-0.05, 0) is 32.9 Å². The molecule has 23 heavy (non-hydrogen) atoms. The predicted octanol–water partition coefficient (Wildman–Crippen LogP) is 3.93. The van der Waals surface area contributed by atoms with E-state index in [9.17, 15) is 5.11 Å². The first-order valence-corrected chi connectivity index (χ1v) is 8.28. The second-order valence-corrected chi connectivity index (χ2v) is 6.55. The molecule has 2 N–H and O–H groups in total. The minimum absolute atomic E-state index is 0.186. The summed E-state index contributed by atoms with van der Waals surface area (Å²) < 4.78 is 5.52. The largest absolute Gasteiger partial charge is 0.510 e. The van der Waals surface area contributed by atoms with E-state index in [1.54, 1.807) is 4.90 Å². The quantitative estimate of drug-likeness (QED) is 0.892. The third-order valence-electron chi connectivity index (χ3n) is 3.79. The van der Waals surface area contributed by atoms with E-state index in [0.29, 0.717) is 17.2 Å². The lowest BCUT2D eigenvalue weighted by molar-refractivity contribution is 0.340. The Labute approximate surface area is 139 Å². The standard InChI is InChI=1S/C17H19N3O2S/c1-4-22-13-7-5-6-12(8-13)20-9-14(21)15(16(20)18)17-19-10(2)11(3)23-17/h5-8,18,21H,4,9H2,1-3H3. The topological polar surface area (TPSA) is 69.4 Å². The van der Waals surface area contributed by atoms with Gasteiger partial charge in [-0.15, -0.1) is 11.3 Å².